The molecule has 0 bridgehead atoms. The molecule has 0 unspecified atom stereocenters. The van der Waals surface area contributed by atoms with Crippen LogP contribution in [-0.4, -0.2) is 22.0 Å². The van der Waals surface area contributed by atoms with Crippen molar-refractivity contribution in [3.8, 4) is 0 Å². The van der Waals surface area contributed by atoms with Gasteiger partial charge in [-0.25, -0.2) is 4.98 Å². The first-order chi connectivity index (χ1) is 14.0. The largest absolute Gasteiger partial charge is 0.280 e. The van der Waals surface area contributed by atoms with Gasteiger partial charge in [0.05, 0.1) is 21.4 Å². The number of carbonyl (C=O) groups excluding carboxylic acids is 1. The smallest absolute Gasteiger partial charge is 0.267 e. The van der Waals surface area contributed by atoms with Gasteiger partial charge < -0.3 is 0 Å². The number of halogens is 1. The van der Waals surface area contributed by atoms with Crippen molar-refractivity contribution in [3.63, 3.8) is 0 Å². The van der Waals surface area contributed by atoms with E-state index in [2.05, 4.69) is 26.0 Å². The van der Waals surface area contributed by atoms with Gasteiger partial charge in [0.2, 0.25) is 5.13 Å². The highest BCUT2D eigenvalue weighted by Crippen LogP contribution is 2.32. The van der Waals surface area contributed by atoms with Crippen LogP contribution in [0.3, 0.4) is 0 Å². The highest BCUT2D eigenvalue weighted by atomic mass is 79.9. The summed E-state index contributed by atoms with van der Waals surface area (Å²) in [6, 6.07) is 14.9. The summed E-state index contributed by atoms with van der Waals surface area (Å²) in [5.74, 6) is -0.425. The van der Waals surface area contributed by atoms with Crippen molar-refractivity contribution in [1.29, 1.82) is 0 Å². The van der Waals surface area contributed by atoms with Crippen molar-refractivity contribution in [2.45, 2.75) is 0 Å². The molecule has 4 aromatic rings. The summed E-state index contributed by atoms with van der Waals surface area (Å²) in [4.78, 5) is 28.9. The third-order valence-corrected chi connectivity index (χ3v) is 6.18. The zero-order valence-corrected chi connectivity index (χ0v) is 17.8. The number of hydrogen-bond donors (Lipinski definition) is 0. The topological polar surface area (TPSA) is 88.7 Å². The van der Waals surface area contributed by atoms with Gasteiger partial charge in [-0.15, -0.1) is 11.3 Å². The van der Waals surface area contributed by atoms with Crippen LogP contribution in [0.5, 0.6) is 0 Å². The summed E-state index contributed by atoms with van der Waals surface area (Å²) in [5.41, 5.74) is 0.945. The normalized spacial score (nSPS) is 11.2. The average Bonchev–Trinajstić information content (AvgIpc) is 3.37. The molecule has 0 radical (unpaired) electrons. The second kappa shape index (κ2) is 8.19. The molecule has 1 amide bonds. The molecule has 4 rings (SSSR count). The van der Waals surface area contributed by atoms with Gasteiger partial charge in [-0.1, -0.05) is 33.3 Å². The van der Waals surface area contributed by atoms with Gasteiger partial charge in [-0.05, 0) is 41.8 Å². The van der Waals surface area contributed by atoms with Gasteiger partial charge in [0, 0.05) is 27.0 Å². The van der Waals surface area contributed by atoms with E-state index in [-0.39, 0.29) is 11.3 Å². The molecule has 144 valence electrons. The van der Waals surface area contributed by atoms with Crippen molar-refractivity contribution in [2.24, 2.45) is 5.10 Å². The number of rotatable bonds is 5. The van der Waals surface area contributed by atoms with Crippen LogP contribution in [0.4, 0.5) is 10.8 Å². The van der Waals surface area contributed by atoms with Gasteiger partial charge in [-0.3, -0.25) is 14.9 Å². The number of nitro groups is 1. The van der Waals surface area contributed by atoms with Crippen LogP contribution in [0.1, 0.15) is 15.2 Å². The van der Waals surface area contributed by atoms with Crippen molar-refractivity contribution in [1.82, 2.24) is 4.98 Å². The predicted octanol–water partition coefficient (Wildman–Crippen LogP) is 5.71. The quantitative estimate of drug-likeness (QED) is 0.205. The summed E-state index contributed by atoms with van der Waals surface area (Å²) in [7, 11) is 0. The van der Waals surface area contributed by atoms with Crippen molar-refractivity contribution in [3.05, 3.63) is 85.0 Å². The Morgan fingerprint density at radius 1 is 1.21 bits per heavy atom. The van der Waals surface area contributed by atoms with E-state index in [0.29, 0.717) is 5.13 Å². The number of thiophene rings is 1. The Hall–Kier alpha value is -2.95. The lowest BCUT2D eigenvalue weighted by Crippen LogP contribution is -2.25. The molecule has 10 heteroatoms. The van der Waals surface area contributed by atoms with E-state index in [4.69, 9.17) is 0 Å². The number of amides is 1. The van der Waals surface area contributed by atoms with Gasteiger partial charge in [-0.2, -0.15) is 10.1 Å². The number of nitro benzene ring substituents is 1. The number of fused-ring (bicyclic) bond motifs is 1. The molecular formula is C19H11BrN4O3S2. The second-order valence-corrected chi connectivity index (χ2v) is 8.69. The SMILES string of the molecule is O=C(c1ccc([N+](=O)[O-])cc1)N(/N=C/c1cccs1)c1nc2ccc(Br)cc2s1. The molecule has 0 spiro atoms. The summed E-state index contributed by atoms with van der Waals surface area (Å²) >= 11 is 6.26. The molecule has 0 fully saturated rings. The molecule has 0 aliphatic heterocycles. The molecule has 0 atom stereocenters. The van der Waals surface area contributed by atoms with Crippen LogP contribution in [0, 0.1) is 10.1 Å². The first kappa shape index (κ1) is 19.4. The number of aromatic nitrogens is 1. The minimum Gasteiger partial charge on any atom is -0.267 e. The lowest BCUT2D eigenvalue weighted by atomic mass is 10.2. The molecule has 0 saturated heterocycles. The van der Waals surface area contributed by atoms with Crippen molar-refractivity contribution < 1.29 is 9.72 Å². The maximum atomic E-state index is 13.1. The second-order valence-electron chi connectivity index (χ2n) is 5.79. The Balaban J connectivity index is 1.74. The van der Waals surface area contributed by atoms with Gasteiger partial charge in [0.15, 0.2) is 0 Å². The van der Waals surface area contributed by atoms with E-state index in [1.165, 1.54) is 51.9 Å². The van der Waals surface area contributed by atoms with E-state index in [0.717, 1.165) is 19.6 Å². The first-order valence-corrected chi connectivity index (χ1v) is 10.7. The molecule has 2 aromatic heterocycles. The number of anilines is 1. The Kier molecular flexibility index (Phi) is 5.47. The molecular weight excluding hydrogens is 476 g/mol. The Morgan fingerprint density at radius 3 is 2.69 bits per heavy atom. The van der Waals surface area contributed by atoms with Crippen molar-refractivity contribution in [2.75, 3.05) is 5.01 Å². The lowest BCUT2D eigenvalue weighted by Gasteiger charge is -2.13. The fraction of sp³-hybridized carbons (Fsp3) is 0. The minimum absolute atomic E-state index is 0.0833. The van der Waals surface area contributed by atoms with E-state index in [9.17, 15) is 14.9 Å². The molecule has 0 saturated carbocycles. The van der Waals surface area contributed by atoms with Crippen molar-refractivity contribution >= 4 is 71.8 Å². The minimum atomic E-state index is -0.508. The molecule has 0 aliphatic carbocycles. The van der Waals surface area contributed by atoms with Crippen LogP contribution in [0.2, 0.25) is 0 Å². The van der Waals surface area contributed by atoms with E-state index in [1.807, 2.05) is 35.7 Å². The fourth-order valence-corrected chi connectivity index (χ4v) is 4.55. The average molecular weight is 487 g/mol. The first-order valence-electron chi connectivity index (χ1n) is 8.24. The van der Waals surface area contributed by atoms with E-state index in [1.54, 1.807) is 6.21 Å². The lowest BCUT2D eigenvalue weighted by molar-refractivity contribution is -0.384. The monoisotopic (exact) mass is 486 g/mol. The van der Waals surface area contributed by atoms with E-state index >= 15 is 0 Å². The maximum Gasteiger partial charge on any atom is 0.280 e. The number of thiazole rings is 1. The zero-order chi connectivity index (χ0) is 20.4. The van der Waals surface area contributed by atoms with Crippen LogP contribution >= 0.6 is 38.6 Å². The van der Waals surface area contributed by atoms with Gasteiger partial charge in [0.1, 0.15) is 0 Å². The van der Waals surface area contributed by atoms with Crippen LogP contribution in [0.25, 0.3) is 10.2 Å². The highest BCUT2D eigenvalue weighted by Gasteiger charge is 2.22. The predicted molar refractivity (Wildman–Crippen MR) is 119 cm³/mol. The zero-order valence-electron chi connectivity index (χ0n) is 14.6. The summed E-state index contributed by atoms with van der Waals surface area (Å²) in [6.45, 7) is 0. The molecule has 7 nitrogen and oxygen atoms in total. The summed E-state index contributed by atoms with van der Waals surface area (Å²) in [5, 5.41) is 18.8. The number of non-ortho nitro benzene ring substituents is 1. The number of hydrogen-bond acceptors (Lipinski definition) is 7. The summed E-state index contributed by atoms with van der Waals surface area (Å²) < 4.78 is 1.82. The Bertz CT molecular complexity index is 1220. The van der Waals surface area contributed by atoms with Crippen LogP contribution < -0.4 is 5.01 Å². The standard InChI is InChI=1S/C19H11BrN4O3S2/c20-13-5-8-16-17(10-13)29-19(22-16)23(21-11-15-2-1-9-28-15)18(25)12-3-6-14(7-4-12)24(26)27/h1-11H/b21-11+. The van der Waals surface area contributed by atoms with Crippen LogP contribution in [-0.2, 0) is 0 Å². The molecule has 2 heterocycles. The number of carbonyl (C=O) groups is 1. The number of nitrogens with zero attached hydrogens (tertiary/aromatic N) is 4. The number of hydrazone groups is 1. The molecule has 0 N–H and O–H groups in total. The van der Waals surface area contributed by atoms with Gasteiger partial charge in [0.25, 0.3) is 11.6 Å². The van der Waals surface area contributed by atoms with Gasteiger partial charge >= 0.3 is 0 Å². The third-order valence-electron chi connectivity index (χ3n) is 3.88. The maximum absolute atomic E-state index is 13.1. The fourth-order valence-electron chi connectivity index (χ4n) is 2.49. The van der Waals surface area contributed by atoms with Crippen LogP contribution in [0.15, 0.2) is 69.6 Å². The number of benzene rings is 2. The highest BCUT2D eigenvalue weighted by molar-refractivity contribution is 9.10. The third kappa shape index (κ3) is 4.24. The molecule has 29 heavy (non-hydrogen) atoms. The Labute approximate surface area is 181 Å². The van der Waals surface area contributed by atoms with E-state index < -0.39 is 10.8 Å². The Morgan fingerprint density at radius 2 is 2.00 bits per heavy atom. The summed E-state index contributed by atoms with van der Waals surface area (Å²) in [6.07, 6.45) is 1.59. The molecule has 0 aliphatic rings. The molecule has 2 aromatic carbocycles.